The number of hydrogen-bond acceptors (Lipinski definition) is 9. The first-order valence-corrected chi connectivity index (χ1v) is 12.2. The van der Waals surface area contributed by atoms with Crippen LogP contribution in [0.2, 0.25) is 5.02 Å². The maximum absolute atomic E-state index is 12.5. The van der Waals surface area contributed by atoms with E-state index >= 15 is 0 Å². The molecule has 0 aromatic heterocycles. The molecule has 0 radical (unpaired) electrons. The number of methoxy groups -OCH3 is 1. The monoisotopic (exact) mass is 491 g/mol. The van der Waals surface area contributed by atoms with E-state index in [2.05, 4.69) is 14.8 Å². The first-order valence-electron chi connectivity index (χ1n) is 8.46. The van der Waals surface area contributed by atoms with E-state index in [1.165, 1.54) is 24.3 Å². The lowest BCUT2D eigenvalue weighted by molar-refractivity contribution is -0.384. The molecule has 2 N–H and O–H groups in total. The molecule has 0 fully saturated rings. The molecular weight excluding hydrogens is 474 g/mol. The van der Waals surface area contributed by atoms with Gasteiger partial charge in [-0.15, -0.1) is 0 Å². The fraction of sp³-hybridized carbons (Fsp3) is 0.235. The molecular formula is C17H18ClN3O8S2. The van der Waals surface area contributed by atoms with Crippen LogP contribution >= 0.6 is 11.6 Å². The molecule has 0 saturated heterocycles. The van der Waals surface area contributed by atoms with Gasteiger partial charge in [0.15, 0.2) is 9.84 Å². The Morgan fingerprint density at radius 1 is 1.13 bits per heavy atom. The van der Waals surface area contributed by atoms with Gasteiger partial charge in [0.25, 0.3) is 5.69 Å². The molecule has 0 aliphatic heterocycles. The zero-order valence-corrected chi connectivity index (χ0v) is 18.7. The molecule has 31 heavy (non-hydrogen) atoms. The van der Waals surface area contributed by atoms with Gasteiger partial charge in [-0.25, -0.2) is 26.4 Å². The molecule has 168 valence electrons. The Balaban J connectivity index is 2.12. The number of carbonyl (C=O) groups excluding carboxylic acids is 1. The number of nitrogens with zero attached hydrogens (tertiary/aromatic N) is 1. The highest BCUT2D eigenvalue weighted by molar-refractivity contribution is 7.90. The van der Waals surface area contributed by atoms with Gasteiger partial charge in [-0.2, -0.15) is 0 Å². The molecule has 2 rings (SSSR count). The number of anilines is 1. The number of sulfonamides is 1. The van der Waals surface area contributed by atoms with Crippen LogP contribution in [0.25, 0.3) is 0 Å². The van der Waals surface area contributed by atoms with Crippen LogP contribution in [0.15, 0.2) is 46.2 Å². The summed E-state index contributed by atoms with van der Waals surface area (Å²) in [5, 5.41) is 13.8. The first kappa shape index (κ1) is 24.5. The van der Waals surface area contributed by atoms with Gasteiger partial charge < -0.3 is 10.1 Å². The quantitative estimate of drug-likeness (QED) is 0.230. The Morgan fingerprint density at radius 3 is 2.39 bits per heavy atom. The number of hydrogen-bond donors (Lipinski definition) is 2. The van der Waals surface area contributed by atoms with Crippen LogP contribution in [-0.2, 0) is 24.6 Å². The minimum absolute atomic E-state index is 0.00742. The van der Waals surface area contributed by atoms with Crippen molar-refractivity contribution < 1.29 is 31.3 Å². The van der Waals surface area contributed by atoms with Crippen molar-refractivity contribution in [1.82, 2.24) is 4.72 Å². The predicted octanol–water partition coefficient (Wildman–Crippen LogP) is 1.83. The second-order valence-corrected chi connectivity index (χ2v) is 10.3. The van der Waals surface area contributed by atoms with Crippen LogP contribution in [0.5, 0.6) is 0 Å². The van der Waals surface area contributed by atoms with Crippen LogP contribution in [0, 0.1) is 10.1 Å². The molecule has 0 unspecified atom stereocenters. The van der Waals surface area contributed by atoms with Crippen molar-refractivity contribution in [3.8, 4) is 0 Å². The lowest BCUT2D eigenvalue weighted by atomic mass is 10.2. The number of nitrogens with one attached hydrogen (secondary N) is 2. The third kappa shape index (κ3) is 6.13. The molecule has 0 saturated carbocycles. The highest BCUT2D eigenvalue weighted by Crippen LogP contribution is 2.27. The van der Waals surface area contributed by atoms with E-state index in [1.807, 2.05) is 0 Å². The van der Waals surface area contributed by atoms with E-state index in [0.29, 0.717) is 0 Å². The van der Waals surface area contributed by atoms with Crippen molar-refractivity contribution in [2.75, 3.05) is 31.8 Å². The average Bonchev–Trinajstić information content (AvgIpc) is 2.70. The lowest BCUT2D eigenvalue weighted by Gasteiger charge is -2.11. The van der Waals surface area contributed by atoms with Crippen molar-refractivity contribution in [2.45, 2.75) is 9.79 Å². The van der Waals surface area contributed by atoms with E-state index < -0.39 is 36.4 Å². The highest BCUT2D eigenvalue weighted by atomic mass is 35.5. The van der Waals surface area contributed by atoms with Crippen LogP contribution in [0.3, 0.4) is 0 Å². The molecule has 0 aliphatic carbocycles. The number of carbonyl (C=O) groups is 1. The number of benzene rings is 2. The summed E-state index contributed by atoms with van der Waals surface area (Å²) < 4.78 is 55.0. The summed E-state index contributed by atoms with van der Waals surface area (Å²) in [5.74, 6) is -0.736. The molecule has 0 spiro atoms. The standard InChI is InChI=1S/C17H18ClN3O8S2/c1-29-17(22)11-3-5-13(18)16(9-11)31(27,28)20-8-7-19-14-6-4-12(30(2,25)26)10-15(14)21(23)24/h3-6,9-10,19-20H,7-8H2,1-2H3. The van der Waals surface area contributed by atoms with E-state index in [4.69, 9.17) is 11.6 Å². The smallest absolute Gasteiger partial charge is 0.337 e. The molecule has 14 heteroatoms. The number of ether oxygens (including phenoxy) is 1. The van der Waals surface area contributed by atoms with Crippen molar-refractivity contribution in [1.29, 1.82) is 0 Å². The van der Waals surface area contributed by atoms with Crippen LogP contribution in [-0.4, -0.2) is 54.2 Å². The van der Waals surface area contributed by atoms with Gasteiger partial charge in [-0.05, 0) is 30.3 Å². The van der Waals surface area contributed by atoms with Crippen LogP contribution in [0.4, 0.5) is 11.4 Å². The van der Waals surface area contributed by atoms with Crippen LogP contribution in [0.1, 0.15) is 10.4 Å². The number of nitro groups is 1. The third-order valence-electron chi connectivity index (χ3n) is 3.97. The van der Waals surface area contributed by atoms with Crippen molar-refractivity contribution >= 4 is 48.8 Å². The van der Waals surface area contributed by atoms with Crippen LogP contribution < -0.4 is 10.0 Å². The topological polar surface area (TPSA) is 162 Å². The SMILES string of the molecule is COC(=O)c1ccc(Cl)c(S(=O)(=O)NCCNc2ccc(S(C)(=O)=O)cc2[N+](=O)[O-])c1. The fourth-order valence-corrected chi connectivity index (χ4v) is 4.65. The predicted molar refractivity (Wildman–Crippen MR) is 113 cm³/mol. The molecule has 11 nitrogen and oxygen atoms in total. The molecule has 2 aromatic carbocycles. The Morgan fingerprint density at radius 2 is 1.81 bits per heavy atom. The van der Waals surface area contributed by atoms with E-state index in [1.54, 1.807) is 0 Å². The van der Waals surface area contributed by atoms with Crippen molar-refractivity contribution in [3.63, 3.8) is 0 Å². The number of sulfone groups is 1. The minimum Gasteiger partial charge on any atom is -0.465 e. The van der Waals surface area contributed by atoms with Gasteiger partial charge >= 0.3 is 5.97 Å². The molecule has 0 aliphatic rings. The summed E-state index contributed by atoms with van der Waals surface area (Å²) in [6.07, 6.45) is 0.925. The van der Waals surface area contributed by atoms with E-state index in [-0.39, 0.29) is 39.2 Å². The van der Waals surface area contributed by atoms with Gasteiger partial charge in [0.05, 0.1) is 27.5 Å². The summed E-state index contributed by atoms with van der Waals surface area (Å²) in [4.78, 5) is 21.5. The van der Waals surface area contributed by atoms with Gasteiger partial charge in [0.2, 0.25) is 10.0 Å². The summed E-state index contributed by atoms with van der Waals surface area (Å²) in [6.45, 7) is -0.251. The zero-order valence-electron chi connectivity index (χ0n) is 16.3. The Labute approximate surface area is 183 Å². The maximum atomic E-state index is 12.5. The number of rotatable bonds is 9. The van der Waals surface area contributed by atoms with Gasteiger partial charge in [0, 0.05) is 25.4 Å². The van der Waals surface area contributed by atoms with Crippen molar-refractivity contribution in [3.05, 3.63) is 57.1 Å². The molecule has 0 heterocycles. The molecule has 0 atom stereocenters. The van der Waals surface area contributed by atoms with Crippen molar-refractivity contribution in [2.24, 2.45) is 0 Å². The van der Waals surface area contributed by atoms with Gasteiger partial charge in [0.1, 0.15) is 10.6 Å². The number of esters is 1. The lowest BCUT2D eigenvalue weighted by Crippen LogP contribution is -2.29. The highest BCUT2D eigenvalue weighted by Gasteiger charge is 2.21. The largest absolute Gasteiger partial charge is 0.465 e. The maximum Gasteiger partial charge on any atom is 0.337 e. The normalized spacial score (nSPS) is 11.7. The summed E-state index contributed by atoms with van der Waals surface area (Å²) in [6, 6.07) is 6.96. The summed E-state index contributed by atoms with van der Waals surface area (Å²) in [7, 11) is -6.59. The molecule has 0 amide bonds. The second-order valence-electron chi connectivity index (χ2n) is 6.17. The zero-order chi connectivity index (χ0) is 23.4. The fourth-order valence-electron chi connectivity index (χ4n) is 2.46. The Kier molecular flexibility index (Phi) is 7.59. The van der Waals surface area contributed by atoms with Gasteiger partial charge in [-0.1, -0.05) is 11.6 Å². The Bertz CT molecular complexity index is 1230. The average molecular weight is 492 g/mol. The minimum atomic E-state index is -4.11. The first-order chi connectivity index (χ1) is 14.4. The van der Waals surface area contributed by atoms with Gasteiger partial charge in [-0.3, -0.25) is 10.1 Å². The summed E-state index contributed by atoms with van der Waals surface area (Å²) in [5.41, 5.74) is -0.464. The number of halogens is 1. The number of nitro benzene ring substituents is 1. The molecule has 2 aromatic rings. The Hall–Kier alpha value is -2.74. The summed E-state index contributed by atoms with van der Waals surface area (Å²) >= 11 is 5.93. The van der Waals surface area contributed by atoms with E-state index in [9.17, 15) is 31.7 Å². The second kappa shape index (κ2) is 9.60. The van der Waals surface area contributed by atoms with E-state index in [0.717, 1.165) is 25.5 Å². The molecule has 0 bridgehead atoms. The third-order valence-corrected chi connectivity index (χ3v) is 7.02.